The number of nitrogens with two attached hydrogens (primary N) is 1. The number of hydrogen-bond acceptors (Lipinski definition) is 11. The molecule has 0 saturated heterocycles. The molecule has 1 aliphatic heterocycles. The lowest BCUT2D eigenvalue weighted by Crippen LogP contribution is -2.77. The first-order valence-electron chi connectivity index (χ1n) is 4.47. The summed E-state index contributed by atoms with van der Waals surface area (Å²) in [5.41, 5.74) is 4.04. The number of halogens is 1. The van der Waals surface area contributed by atoms with Crippen LogP contribution in [0.2, 0.25) is 0 Å². The van der Waals surface area contributed by atoms with Gasteiger partial charge in [-0.05, 0) is 25.9 Å². The molecule has 1 heterocycles. The Morgan fingerprint density at radius 1 is 1.10 bits per heavy atom. The highest BCUT2D eigenvalue weighted by Gasteiger charge is 2.60. The molecule has 116 valence electrons. The minimum Gasteiger partial charge on any atom is -0.561 e. The van der Waals surface area contributed by atoms with Gasteiger partial charge in [0.1, 0.15) is 0 Å². The molecule has 0 aromatic rings. The fourth-order valence-electron chi connectivity index (χ4n) is 1.38. The van der Waals surface area contributed by atoms with E-state index in [1.165, 1.54) is 0 Å². The standard InChI is InChI=1S/C5H10BrN5O9/c6-4-1-3(9(12,13)14)2-5(7,10(15,16)17)8(4)11(18,19)20/h1-2,12-13,15-16,18-19H,7H2. The van der Waals surface area contributed by atoms with Gasteiger partial charge < -0.3 is 15.6 Å². The van der Waals surface area contributed by atoms with E-state index >= 15 is 0 Å². The van der Waals surface area contributed by atoms with Crippen LogP contribution in [0.1, 0.15) is 0 Å². The number of rotatable bonds is 3. The van der Waals surface area contributed by atoms with Gasteiger partial charge in [0.05, 0.1) is 6.08 Å². The average molecular weight is 364 g/mol. The number of quaternary nitrogens is 3. The lowest BCUT2D eigenvalue weighted by molar-refractivity contribution is -1.33. The van der Waals surface area contributed by atoms with Crippen LogP contribution in [0.4, 0.5) is 0 Å². The molecule has 1 atom stereocenters. The lowest BCUT2D eigenvalue weighted by atomic mass is 10.2. The summed E-state index contributed by atoms with van der Waals surface area (Å²) in [4.78, 5) is -6.67. The predicted octanol–water partition coefficient (Wildman–Crippen LogP) is -0.771. The van der Waals surface area contributed by atoms with Gasteiger partial charge in [-0.15, -0.1) is 0 Å². The van der Waals surface area contributed by atoms with Crippen LogP contribution < -0.4 is 5.73 Å². The van der Waals surface area contributed by atoms with E-state index in [9.17, 15) is 15.6 Å². The van der Waals surface area contributed by atoms with Crippen molar-refractivity contribution in [2.45, 2.75) is 5.79 Å². The second-order valence-corrected chi connectivity index (χ2v) is 4.54. The van der Waals surface area contributed by atoms with Gasteiger partial charge in [0.2, 0.25) is 5.70 Å². The van der Waals surface area contributed by atoms with E-state index in [1.807, 2.05) is 0 Å². The molecule has 0 radical (unpaired) electrons. The van der Waals surface area contributed by atoms with Crippen LogP contribution in [0.25, 0.3) is 0 Å². The molecule has 8 N–H and O–H groups in total. The summed E-state index contributed by atoms with van der Waals surface area (Å²) in [5.74, 6) is -3.41. The number of nitrogens with zero attached hydrogens (tertiary/aromatic N) is 4. The minimum absolute atomic E-state index is 0.0368. The molecule has 1 unspecified atom stereocenters. The first kappa shape index (κ1) is 17.3. The molecule has 15 heteroatoms. The molecule has 0 fully saturated rings. The Kier molecular flexibility index (Phi) is 4.00. The molecule has 0 aromatic heterocycles. The van der Waals surface area contributed by atoms with Crippen molar-refractivity contribution in [3.63, 3.8) is 0 Å². The molecule has 1 aliphatic rings. The van der Waals surface area contributed by atoms with Crippen LogP contribution in [0.15, 0.2) is 22.5 Å². The molecule has 20 heavy (non-hydrogen) atoms. The summed E-state index contributed by atoms with van der Waals surface area (Å²) in [6.07, 6.45) is 0.500. The number of hydrogen-bond donors (Lipinski definition) is 7. The topological polar surface area (TPSA) is 220 Å². The molecule has 0 aromatic carbocycles. The van der Waals surface area contributed by atoms with Gasteiger partial charge in [0.15, 0.2) is 4.61 Å². The van der Waals surface area contributed by atoms with E-state index in [4.69, 9.17) is 37.0 Å². The van der Waals surface area contributed by atoms with Crippen LogP contribution in [0, 0.1) is 15.6 Å². The molecule has 0 amide bonds. The zero-order chi connectivity index (χ0) is 16.1. The Balaban J connectivity index is 3.55. The van der Waals surface area contributed by atoms with Gasteiger partial charge in [-0.3, -0.25) is 0 Å². The zero-order valence-electron chi connectivity index (χ0n) is 9.31. The summed E-state index contributed by atoms with van der Waals surface area (Å²) < 4.78 is -0.847. The Morgan fingerprint density at radius 3 is 1.85 bits per heavy atom. The SMILES string of the molecule is NC1([N+]([O-])(O)O)C=C([N+]([O-])(O)O)C=C(Br)N1[N+]([O-])(O)O. The van der Waals surface area contributed by atoms with Crippen LogP contribution in [0.3, 0.4) is 0 Å². The second-order valence-electron chi connectivity index (χ2n) is 3.73. The van der Waals surface area contributed by atoms with E-state index in [0.29, 0.717) is 6.08 Å². The summed E-state index contributed by atoms with van der Waals surface area (Å²) in [6.45, 7) is 0. The molecule has 0 spiro atoms. The zero-order valence-corrected chi connectivity index (χ0v) is 10.9. The maximum Gasteiger partial charge on any atom is 0.366 e. The number of hydroxylamine groups is 6. The molecular weight excluding hydrogens is 354 g/mol. The first-order chi connectivity index (χ1) is 8.61. The lowest BCUT2D eigenvalue weighted by Gasteiger charge is -2.48. The molecule has 14 nitrogen and oxygen atoms in total. The monoisotopic (exact) mass is 363 g/mol. The van der Waals surface area contributed by atoms with Crippen molar-refractivity contribution in [1.29, 1.82) is 0 Å². The van der Waals surface area contributed by atoms with E-state index in [0.717, 1.165) is 0 Å². The fraction of sp³-hybridized carbons (Fsp3) is 0.200. The van der Waals surface area contributed by atoms with Crippen LogP contribution in [-0.2, 0) is 0 Å². The average Bonchev–Trinajstić information content (AvgIpc) is 2.10. The van der Waals surface area contributed by atoms with Gasteiger partial charge in [-0.2, -0.15) is 31.2 Å². The maximum atomic E-state index is 11.2. The van der Waals surface area contributed by atoms with Gasteiger partial charge in [-0.1, -0.05) is 5.01 Å². The van der Waals surface area contributed by atoms with Gasteiger partial charge in [0, 0.05) is 11.2 Å². The summed E-state index contributed by atoms with van der Waals surface area (Å²) in [7, 11) is 0. The predicted molar refractivity (Wildman–Crippen MR) is 55.5 cm³/mol. The molecule has 0 saturated carbocycles. The first-order valence-corrected chi connectivity index (χ1v) is 5.27. The normalized spacial score (nSPS) is 25.4. The molecule has 0 aliphatic carbocycles. The highest BCUT2D eigenvalue weighted by molar-refractivity contribution is 9.11. The maximum absolute atomic E-state index is 11.2. The Morgan fingerprint density at radius 2 is 1.55 bits per heavy atom. The smallest absolute Gasteiger partial charge is 0.366 e. The van der Waals surface area contributed by atoms with Gasteiger partial charge in [0.25, 0.3) is 0 Å². The van der Waals surface area contributed by atoms with Crippen LogP contribution >= 0.6 is 15.9 Å². The third kappa shape index (κ3) is 2.95. The largest absolute Gasteiger partial charge is 0.561 e. The van der Waals surface area contributed by atoms with Crippen molar-refractivity contribution < 1.29 is 46.3 Å². The Bertz CT molecular complexity index is 461. The van der Waals surface area contributed by atoms with E-state index in [-0.39, 0.29) is 6.08 Å². The number of allylic oxidation sites excluding steroid dienone is 1. The van der Waals surface area contributed by atoms with Crippen molar-refractivity contribution in [2.75, 3.05) is 0 Å². The third-order valence-corrected chi connectivity index (χ3v) is 2.80. The summed E-state index contributed by atoms with van der Waals surface area (Å²) in [6, 6.07) is 0. The van der Waals surface area contributed by atoms with Crippen molar-refractivity contribution in [3.8, 4) is 0 Å². The highest BCUT2D eigenvalue weighted by Crippen LogP contribution is 2.37. The van der Waals surface area contributed by atoms with Gasteiger partial charge in [-0.25, -0.2) is 5.73 Å². The molecule has 1 rings (SSSR count). The Hall–Kier alpha value is -0.760. The third-order valence-electron chi connectivity index (χ3n) is 2.23. The Labute approximate surface area is 117 Å². The van der Waals surface area contributed by atoms with Crippen molar-refractivity contribution in [1.82, 2.24) is 5.01 Å². The molecular formula is C5H10BrN5O9. The quantitative estimate of drug-likeness (QED) is 0.143. The highest BCUT2D eigenvalue weighted by atomic mass is 79.9. The van der Waals surface area contributed by atoms with Crippen molar-refractivity contribution in [2.24, 2.45) is 5.73 Å². The van der Waals surface area contributed by atoms with E-state index < -0.39 is 36.1 Å². The van der Waals surface area contributed by atoms with E-state index in [2.05, 4.69) is 15.9 Å². The summed E-state index contributed by atoms with van der Waals surface area (Å²) in [5, 5.41) is 82.7. The second kappa shape index (κ2) is 4.62. The van der Waals surface area contributed by atoms with Gasteiger partial charge >= 0.3 is 5.79 Å². The minimum atomic E-state index is -3.52. The van der Waals surface area contributed by atoms with Crippen LogP contribution in [0.5, 0.6) is 0 Å². The van der Waals surface area contributed by atoms with Crippen molar-refractivity contribution in [3.05, 3.63) is 38.1 Å². The van der Waals surface area contributed by atoms with Crippen LogP contribution in [-0.4, -0.2) is 57.1 Å². The molecule has 0 bridgehead atoms. The van der Waals surface area contributed by atoms with Crippen molar-refractivity contribution >= 4 is 15.9 Å². The van der Waals surface area contributed by atoms with E-state index in [1.54, 1.807) is 0 Å². The summed E-state index contributed by atoms with van der Waals surface area (Å²) >= 11 is 2.48. The fourth-order valence-corrected chi connectivity index (χ4v) is 2.11.